The van der Waals surface area contributed by atoms with Crippen LogP contribution in [0.2, 0.25) is 0 Å². The number of nitriles is 1. The minimum Gasteiger partial charge on any atom is -0.376 e. The predicted octanol–water partition coefficient (Wildman–Crippen LogP) is 3.88. The highest BCUT2D eigenvalue weighted by Gasteiger charge is 2.24. The van der Waals surface area contributed by atoms with E-state index in [1.54, 1.807) is 0 Å². The summed E-state index contributed by atoms with van der Waals surface area (Å²) in [7, 11) is 0. The van der Waals surface area contributed by atoms with E-state index in [1.165, 1.54) is 11.1 Å². The van der Waals surface area contributed by atoms with Crippen LogP contribution in [-0.2, 0) is 16.1 Å². The van der Waals surface area contributed by atoms with Crippen LogP contribution in [0.4, 0.5) is 5.82 Å². The zero-order valence-corrected chi connectivity index (χ0v) is 18.4. The molecule has 0 unspecified atom stereocenters. The van der Waals surface area contributed by atoms with Crippen LogP contribution >= 0.6 is 0 Å². The standard InChI is InChI=1S/C25H30N4O2/c1-18-19(2)29(16-22-9-6-14-31-22)25(23(18)15-26)27-24(30)17-28-12-10-21(11-13-28)20-7-4-3-5-8-20/h3-5,7-8,10,22H,6,9,11-14,16-17H2,1-2H3,(H,27,30)/t22-/m0/s1. The zero-order chi connectivity index (χ0) is 21.8. The lowest BCUT2D eigenvalue weighted by Gasteiger charge is -2.26. The van der Waals surface area contributed by atoms with E-state index >= 15 is 0 Å². The van der Waals surface area contributed by atoms with Crippen molar-refractivity contribution in [2.75, 3.05) is 31.6 Å². The van der Waals surface area contributed by atoms with Crippen LogP contribution in [0.15, 0.2) is 36.4 Å². The molecular formula is C25H30N4O2. The number of amides is 1. The summed E-state index contributed by atoms with van der Waals surface area (Å²) >= 11 is 0. The van der Waals surface area contributed by atoms with Gasteiger partial charge in [0.05, 0.1) is 24.8 Å². The molecule has 0 aliphatic carbocycles. The number of hydrogen-bond donors (Lipinski definition) is 1. The number of carbonyl (C=O) groups is 1. The number of hydrogen-bond acceptors (Lipinski definition) is 4. The quantitative estimate of drug-likeness (QED) is 0.773. The Morgan fingerprint density at radius 2 is 2.10 bits per heavy atom. The molecule has 4 rings (SSSR count). The lowest BCUT2D eigenvalue weighted by molar-refractivity contribution is -0.117. The fourth-order valence-electron chi connectivity index (χ4n) is 4.49. The number of nitrogens with zero attached hydrogens (tertiary/aromatic N) is 3. The van der Waals surface area contributed by atoms with Gasteiger partial charge >= 0.3 is 0 Å². The largest absolute Gasteiger partial charge is 0.376 e. The van der Waals surface area contributed by atoms with Crippen LogP contribution in [0.1, 0.15) is 41.6 Å². The first-order valence-electron chi connectivity index (χ1n) is 11.0. The van der Waals surface area contributed by atoms with Gasteiger partial charge < -0.3 is 14.6 Å². The topological polar surface area (TPSA) is 70.3 Å². The van der Waals surface area contributed by atoms with E-state index in [0.29, 0.717) is 24.5 Å². The third-order valence-electron chi connectivity index (χ3n) is 6.41. The highest BCUT2D eigenvalue weighted by atomic mass is 16.5. The maximum atomic E-state index is 12.9. The van der Waals surface area contributed by atoms with Gasteiger partial charge in [-0.25, -0.2) is 0 Å². The lowest BCUT2D eigenvalue weighted by Crippen LogP contribution is -2.36. The summed E-state index contributed by atoms with van der Waals surface area (Å²) in [5.74, 6) is 0.523. The third kappa shape index (κ3) is 4.73. The first-order chi connectivity index (χ1) is 15.1. The van der Waals surface area contributed by atoms with Gasteiger partial charge in [-0.15, -0.1) is 0 Å². The smallest absolute Gasteiger partial charge is 0.239 e. The molecule has 1 saturated heterocycles. The SMILES string of the molecule is Cc1c(C#N)c(NC(=O)CN2CC=C(c3ccccc3)CC2)n(C[C@@H]2CCCO2)c1C. The van der Waals surface area contributed by atoms with E-state index in [2.05, 4.69) is 46.6 Å². The molecule has 162 valence electrons. The van der Waals surface area contributed by atoms with Crippen LogP contribution < -0.4 is 5.32 Å². The number of rotatable bonds is 6. The van der Waals surface area contributed by atoms with Gasteiger partial charge in [0, 0.05) is 25.4 Å². The Morgan fingerprint density at radius 1 is 1.29 bits per heavy atom. The number of nitrogens with one attached hydrogen (secondary N) is 1. The average molecular weight is 419 g/mol. The maximum Gasteiger partial charge on any atom is 0.239 e. The third-order valence-corrected chi connectivity index (χ3v) is 6.41. The molecular weight excluding hydrogens is 388 g/mol. The molecule has 1 fully saturated rings. The zero-order valence-electron chi connectivity index (χ0n) is 18.4. The van der Waals surface area contributed by atoms with Gasteiger partial charge in [0.2, 0.25) is 5.91 Å². The van der Waals surface area contributed by atoms with Gasteiger partial charge in [-0.05, 0) is 49.8 Å². The Bertz CT molecular complexity index is 1010. The normalized spacial score (nSPS) is 19.1. The number of anilines is 1. The molecule has 0 spiro atoms. The molecule has 2 aliphatic rings. The van der Waals surface area contributed by atoms with Crippen molar-refractivity contribution in [1.29, 1.82) is 5.26 Å². The van der Waals surface area contributed by atoms with Crippen LogP contribution in [0.5, 0.6) is 0 Å². The van der Waals surface area contributed by atoms with Crippen molar-refractivity contribution in [1.82, 2.24) is 9.47 Å². The molecule has 2 aliphatic heterocycles. The first kappa shape index (κ1) is 21.4. The van der Waals surface area contributed by atoms with Gasteiger partial charge in [-0.3, -0.25) is 9.69 Å². The van der Waals surface area contributed by atoms with E-state index in [0.717, 1.165) is 50.2 Å². The highest BCUT2D eigenvalue weighted by molar-refractivity contribution is 5.93. The monoisotopic (exact) mass is 418 g/mol. The Labute approximate surface area is 184 Å². The van der Waals surface area contributed by atoms with Crippen molar-refractivity contribution in [3.63, 3.8) is 0 Å². The Hall–Kier alpha value is -2.88. The highest BCUT2D eigenvalue weighted by Crippen LogP contribution is 2.28. The second kappa shape index (κ2) is 9.51. The summed E-state index contributed by atoms with van der Waals surface area (Å²) in [6, 6.07) is 12.7. The second-order valence-corrected chi connectivity index (χ2v) is 8.42. The summed E-state index contributed by atoms with van der Waals surface area (Å²) in [5.41, 5.74) is 5.07. The van der Waals surface area contributed by atoms with Crippen molar-refractivity contribution in [2.24, 2.45) is 0 Å². The van der Waals surface area contributed by atoms with Crippen molar-refractivity contribution in [3.8, 4) is 6.07 Å². The van der Waals surface area contributed by atoms with E-state index in [4.69, 9.17) is 4.74 Å². The summed E-state index contributed by atoms with van der Waals surface area (Å²) in [6.45, 7) is 7.29. The molecule has 0 saturated carbocycles. The van der Waals surface area contributed by atoms with Crippen molar-refractivity contribution >= 4 is 17.3 Å². The van der Waals surface area contributed by atoms with Crippen molar-refractivity contribution in [2.45, 2.75) is 45.8 Å². The molecule has 6 nitrogen and oxygen atoms in total. The summed E-state index contributed by atoms with van der Waals surface area (Å²) in [4.78, 5) is 15.0. The summed E-state index contributed by atoms with van der Waals surface area (Å²) < 4.78 is 7.84. The Balaban J connectivity index is 1.43. The van der Waals surface area contributed by atoms with Gasteiger partial charge in [0.1, 0.15) is 11.9 Å². The lowest BCUT2D eigenvalue weighted by atomic mass is 10.00. The van der Waals surface area contributed by atoms with E-state index in [1.807, 2.05) is 24.5 Å². The van der Waals surface area contributed by atoms with Crippen LogP contribution in [0.25, 0.3) is 5.57 Å². The average Bonchev–Trinajstić information content (AvgIpc) is 3.38. The van der Waals surface area contributed by atoms with Crippen LogP contribution in [0, 0.1) is 25.2 Å². The fraction of sp³-hybridized carbons (Fsp3) is 0.440. The molecule has 3 heterocycles. The first-order valence-corrected chi connectivity index (χ1v) is 11.0. The number of ether oxygens (including phenoxy) is 1. The maximum absolute atomic E-state index is 12.9. The van der Waals surface area contributed by atoms with E-state index in [-0.39, 0.29) is 12.0 Å². The minimum atomic E-state index is -0.0841. The molecule has 6 heteroatoms. The number of carbonyl (C=O) groups excluding carboxylic acids is 1. The van der Waals surface area contributed by atoms with Crippen LogP contribution in [0.3, 0.4) is 0 Å². The van der Waals surface area contributed by atoms with Crippen molar-refractivity contribution in [3.05, 3.63) is 58.8 Å². The summed E-state index contributed by atoms with van der Waals surface area (Å²) in [6.07, 6.45) is 5.34. The predicted molar refractivity (Wildman–Crippen MR) is 122 cm³/mol. The van der Waals surface area contributed by atoms with Gasteiger partial charge in [-0.2, -0.15) is 5.26 Å². The molecule has 1 amide bonds. The van der Waals surface area contributed by atoms with E-state index < -0.39 is 0 Å². The Morgan fingerprint density at radius 3 is 2.74 bits per heavy atom. The molecule has 0 radical (unpaired) electrons. The number of aromatic nitrogens is 1. The second-order valence-electron chi connectivity index (χ2n) is 8.42. The molecule has 1 aromatic heterocycles. The van der Waals surface area contributed by atoms with E-state index in [9.17, 15) is 10.1 Å². The molecule has 2 aromatic rings. The molecule has 0 bridgehead atoms. The minimum absolute atomic E-state index is 0.0841. The molecule has 1 N–H and O–H groups in total. The Kier molecular flexibility index (Phi) is 6.55. The van der Waals surface area contributed by atoms with Crippen molar-refractivity contribution < 1.29 is 9.53 Å². The molecule has 1 atom stereocenters. The van der Waals surface area contributed by atoms with Gasteiger partial charge in [-0.1, -0.05) is 36.4 Å². The van der Waals surface area contributed by atoms with Crippen LogP contribution in [-0.4, -0.2) is 47.7 Å². The molecule has 1 aromatic carbocycles. The molecule has 31 heavy (non-hydrogen) atoms. The number of benzene rings is 1. The summed E-state index contributed by atoms with van der Waals surface area (Å²) in [5, 5.41) is 12.7. The van der Waals surface area contributed by atoms with Gasteiger partial charge in [0.25, 0.3) is 0 Å². The van der Waals surface area contributed by atoms with Gasteiger partial charge in [0.15, 0.2) is 0 Å². The fourth-order valence-corrected chi connectivity index (χ4v) is 4.49.